The van der Waals surface area contributed by atoms with Crippen molar-refractivity contribution in [3.05, 3.63) is 23.8 Å². The topological polar surface area (TPSA) is 60.4 Å². The summed E-state index contributed by atoms with van der Waals surface area (Å²) in [5, 5.41) is 0. The quantitative estimate of drug-likeness (QED) is 0.716. The zero-order chi connectivity index (χ0) is 11.5. The lowest BCUT2D eigenvalue weighted by Crippen LogP contribution is -2.00. The summed E-state index contributed by atoms with van der Waals surface area (Å²) >= 11 is 0. The average Bonchev–Trinajstić information content (AvgIpc) is 2.17. The molecule has 1 aromatic rings. The molecule has 1 aromatic carbocycles. The van der Waals surface area contributed by atoms with Crippen molar-refractivity contribution in [3.63, 3.8) is 0 Å². The van der Waals surface area contributed by atoms with E-state index in [1.807, 2.05) is 0 Å². The summed E-state index contributed by atoms with van der Waals surface area (Å²) < 4.78 is 27.5. The van der Waals surface area contributed by atoms with E-state index in [4.69, 9.17) is 4.74 Å². The van der Waals surface area contributed by atoms with Crippen LogP contribution in [0.5, 0.6) is 5.75 Å². The number of hydrogen-bond acceptors (Lipinski definition) is 4. The maximum Gasteiger partial charge on any atom is 0.175 e. The predicted molar refractivity (Wildman–Crippen MR) is 55.9 cm³/mol. The third kappa shape index (κ3) is 2.79. The molecule has 0 N–H and O–H groups in total. The number of methoxy groups -OCH3 is 1. The average molecular weight is 228 g/mol. The highest BCUT2D eigenvalue weighted by Crippen LogP contribution is 2.22. The minimum Gasteiger partial charge on any atom is -0.496 e. The van der Waals surface area contributed by atoms with Gasteiger partial charge in [0.15, 0.2) is 9.84 Å². The number of carbonyl (C=O) groups excluding carboxylic acids is 1. The fourth-order valence-electron chi connectivity index (χ4n) is 1.23. The Bertz CT molecular complexity index is 462. The van der Waals surface area contributed by atoms with E-state index in [0.29, 0.717) is 17.6 Å². The lowest BCUT2D eigenvalue weighted by molar-refractivity contribution is -0.107. The van der Waals surface area contributed by atoms with Crippen molar-refractivity contribution in [2.75, 3.05) is 13.4 Å². The molecule has 0 aliphatic carbocycles. The van der Waals surface area contributed by atoms with Gasteiger partial charge in [-0.25, -0.2) is 8.42 Å². The second-order valence-electron chi connectivity index (χ2n) is 3.12. The lowest BCUT2D eigenvalue weighted by Gasteiger charge is -2.07. The molecule has 1 rings (SSSR count). The molecule has 0 radical (unpaired) electrons. The van der Waals surface area contributed by atoms with Gasteiger partial charge in [0.25, 0.3) is 0 Å². The molecule has 0 aromatic heterocycles. The molecule has 4 nitrogen and oxygen atoms in total. The molecule has 0 heterocycles. The van der Waals surface area contributed by atoms with E-state index in [1.165, 1.54) is 19.2 Å². The number of rotatable bonds is 4. The van der Waals surface area contributed by atoms with E-state index in [2.05, 4.69) is 0 Å². The van der Waals surface area contributed by atoms with Crippen molar-refractivity contribution in [2.24, 2.45) is 0 Å². The molecule has 0 unspecified atom stereocenters. The molecule has 0 amide bonds. The van der Waals surface area contributed by atoms with Crippen LogP contribution in [0.1, 0.15) is 5.56 Å². The summed E-state index contributed by atoms with van der Waals surface area (Å²) in [6.07, 6.45) is 1.98. The van der Waals surface area contributed by atoms with Crippen LogP contribution < -0.4 is 4.74 Å². The minimum absolute atomic E-state index is 0.145. The Morgan fingerprint density at radius 2 is 2.07 bits per heavy atom. The molecular formula is C10H12O4S. The van der Waals surface area contributed by atoms with Crippen LogP contribution in [0.2, 0.25) is 0 Å². The normalized spacial score (nSPS) is 11.1. The summed E-state index contributed by atoms with van der Waals surface area (Å²) in [7, 11) is -1.76. The van der Waals surface area contributed by atoms with Gasteiger partial charge in [0, 0.05) is 18.2 Å². The first kappa shape index (κ1) is 11.7. The van der Waals surface area contributed by atoms with Crippen molar-refractivity contribution < 1.29 is 17.9 Å². The van der Waals surface area contributed by atoms with Gasteiger partial charge in [0.05, 0.1) is 12.0 Å². The standard InChI is InChI=1S/C10H12O4S/c1-14-10-4-3-9(15(2,12)13)7-8(10)5-6-11/h3-4,6-7H,5H2,1-2H3. The van der Waals surface area contributed by atoms with Crippen LogP contribution in [-0.4, -0.2) is 28.1 Å². The second-order valence-corrected chi connectivity index (χ2v) is 5.13. The second kappa shape index (κ2) is 4.44. The van der Waals surface area contributed by atoms with Crippen LogP contribution in [0.25, 0.3) is 0 Å². The Labute approximate surface area is 88.8 Å². The van der Waals surface area contributed by atoms with E-state index in [1.54, 1.807) is 6.07 Å². The van der Waals surface area contributed by atoms with Gasteiger partial charge in [-0.2, -0.15) is 0 Å². The molecule has 0 atom stereocenters. The van der Waals surface area contributed by atoms with Crippen molar-refractivity contribution >= 4 is 16.1 Å². The third-order valence-corrected chi connectivity index (χ3v) is 3.09. The van der Waals surface area contributed by atoms with E-state index in [-0.39, 0.29) is 11.3 Å². The van der Waals surface area contributed by atoms with Gasteiger partial charge in [0.1, 0.15) is 12.0 Å². The first-order valence-corrected chi connectivity index (χ1v) is 6.19. The van der Waals surface area contributed by atoms with Gasteiger partial charge in [0.2, 0.25) is 0 Å². The maximum absolute atomic E-state index is 11.3. The molecule has 0 spiro atoms. The number of hydrogen-bond donors (Lipinski definition) is 0. The number of aldehydes is 1. The van der Waals surface area contributed by atoms with Gasteiger partial charge in [-0.05, 0) is 18.2 Å². The van der Waals surface area contributed by atoms with Crippen LogP contribution >= 0.6 is 0 Å². The molecule has 0 bridgehead atoms. The van der Waals surface area contributed by atoms with Crippen LogP contribution in [0.3, 0.4) is 0 Å². The van der Waals surface area contributed by atoms with Gasteiger partial charge in [-0.3, -0.25) is 0 Å². The molecule has 15 heavy (non-hydrogen) atoms. The van der Waals surface area contributed by atoms with E-state index in [9.17, 15) is 13.2 Å². The first-order chi connectivity index (χ1) is 6.99. The molecule has 0 aliphatic heterocycles. The zero-order valence-electron chi connectivity index (χ0n) is 8.56. The van der Waals surface area contributed by atoms with Crippen LogP contribution in [0.4, 0.5) is 0 Å². The molecule has 0 fully saturated rings. The van der Waals surface area contributed by atoms with Crippen molar-refractivity contribution in [1.29, 1.82) is 0 Å². The monoisotopic (exact) mass is 228 g/mol. The Morgan fingerprint density at radius 1 is 1.40 bits per heavy atom. The summed E-state index contributed by atoms with van der Waals surface area (Å²) in [6, 6.07) is 4.47. The highest BCUT2D eigenvalue weighted by Gasteiger charge is 2.10. The number of ether oxygens (including phenoxy) is 1. The Morgan fingerprint density at radius 3 is 2.53 bits per heavy atom. The SMILES string of the molecule is COc1ccc(S(C)(=O)=O)cc1CC=O. The van der Waals surface area contributed by atoms with Gasteiger partial charge >= 0.3 is 0 Å². The van der Waals surface area contributed by atoms with E-state index < -0.39 is 9.84 Å². The fourth-order valence-corrected chi connectivity index (χ4v) is 1.91. The summed E-state index contributed by atoms with van der Waals surface area (Å²) in [6.45, 7) is 0. The smallest absolute Gasteiger partial charge is 0.175 e. The fraction of sp³-hybridized carbons (Fsp3) is 0.300. The van der Waals surface area contributed by atoms with E-state index in [0.717, 1.165) is 6.26 Å². The Balaban J connectivity index is 3.27. The van der Waals surface area contributed by atoms with Crippen molar-refractivity contribution in [1.82, 2.24) is 0 Å². The first-order valence-electron chi connectivity index (χ1n) is 4.29. The largest absolute Gasteiger partial charge is 0.496 e. The maximum atomic E-state index is 11.3. The Hall–Kier alpha value is -1.36. The molecular weight excluding hydrogens is 216 g/mol. The minimum atomic E-state index is -3.24. The Kier molecular flexibility index (Phi) is 3.47. The number of benzene rings is 1. The van der Waals surface area contributed by atoms with Crippen molar-refractivity contribution in [3.8, 4) is 5.75 Å². The predicted octanol–water partition coefficient (Wildman–Crippen LogP) is 0.840. The van der Waals surface area contributed by atoms with Crippen LogP contribution in [-0.2, 0) is 21.1 Å². The molecule has 5 heteroatoms. The summed E-state index contributed by atoms with van der Waals surface area (Å²) in [5.41, 5.74) is 0.579. The van der Waals surface area contributed by atoms with Crippen LogP contribution in [0.15, 0.2) is 23.1 Å². The molecule has 0 saturated carbocycles. The lowest BCUT2D eigenvalue weighted by atomic mass is 10.1. The summed E-state index contributed by atoms with van der Waals surface area (Å²) in [5.74, 6) is 0.523. The highest BCUT2D eigenvalue weighted by atomic mass is 32.2. The number of sulfone groups is 1. The molecule has 0 saturated heterocycles. The number of carbonyl (C=O) groups is 1. The molecule has 82 valence electrons. The highest BCUT2D eigenvalue weighted by molar-refractivity contribution is 7.90. The van der Waals surface area contributed by atoms with Gasteiger partial charge in [-0.15, -0.1) is 0 Å². The zero-order valence-corrected chi connectivity index (χ0v) is 9.37. The summed E-state index contributed by atoms with van der Waals surface area (Å²) in [4.78, 5) is 10.6. The van der Waals surface area contributed by atoms with Crippen LogP contribution in [0, 0.1) is 0 Å². The molecule has 0 aliphatic rings. The third-order valence-electron chi connectivity index (χ3n) is 1.98. The van der Waals surface area contributed by atoms with E-state index >= 15 is 0 Å². The van der Waals surface area contributed by atoms with Gasteiger partial charge in [-0.1, -0.05) is 0 Å². The van der Waals surface area contributed by atoms with Gasteiger partial charge < -0.3 is 9.53 Å². The van der Waals surface area contributed by atoms with Crippen molar-refractivity contribution in [2.45, 2.75) is 11.3 Å².